The van der Waals surface area contributed by atoms with Crippen LogP contribution in [0.5, 0.6) is 0 Å². The van der Waals surface area contributed by atoms with Crippen molar-refractivity contribution < 1.29 is 4.74 Å². The van der Waals surface area contributed by atoms with Gasteiger partial charge in [-0.1, -0.05) is 6.92 Å². The number of methoxy groups -OCH3 is 1. The van der Waals surface area contributed by atoms with E-state index in [1.807, 2.05) is 17.8 Å². The van der Waals surface area contributed by atoms with Gasteiger partial charge in [-0.3, -0.25) is 0 Å². The maximum absolute atomic E-state index is 5.18. The Bertz CT molecular complexity index is 380. The minimum Gasteiger partial charge on any atom is -0.378 e. The fraction of sp³-hybridized carbons (Fsp3) is 0.692. The Kier molecular flexibility index (Phi) is 5.26. The Labute approximate surface area is 113 Å². The number of rotatable bonds is 6. The number of nitrogens with zero attached hydrogens (tertiary/aromatic N) is 2. The number of aromatic nitrogens is 2. The molecule has 0 bridgehead atoms. The second-order valence-electron chi connectivity index (χ2n) is 4.46. The summed E-state index contributed by atoms with van der Waals surface area (Å²) in [6.45, 7) is 3.65. The van der Waals surface area contributed by atoms with Gasteiger partial charge in [-0.15, -0.1) is 0 Å². The van der Waals surface area contributed by atoms with Crippen molar-refractivity contribution in [3.05, 3.63) is 17.6 Å². The third kappa shape index (κ3) is 3.59. The molecule has 5 heteroatoms. The second-order valence-corrected chi connectivity index (χ2v) is 5.77. The SMILES string of the molecule is CCCNc1cc(COC)nc(C2CCCS2)n1. The summed E-state index contributed by atoms with van der Waals surface area (Å²) < 4.78 is 5.18. The molecule has 0 saturated carbocycles. The van der Waals surface area contributed by atoms with E-state index in [-0.39, 0.29) is 0 Å². The molecule has 0 spiro atoms. The van der Waals surface area contributed by atoms with Crippen molar-refractivity contribution >= 4 is 17.6 Å². The van der Waals surface area contributed by atoms with Gasteiger partial charge in [-0.25, -0.2) is 9.97 Å². The molecule has 0 amide bonds. The maximum atomic E-state index is 5.18. The number of nitrogens with one attached hydrogen (secondary N) is 1. The van der Waals surface area contributed by atoms with Crippen molar-refractivity contribution in [2.24, 2.45) is 0 Å². The summed E-state index contributed by atoms with van der Waals surface area (Å²) in [5.41, 5.74) is 0.966. The molecule has 1 aromatic rings. The molecule has 1 unspecified atom stereocenters. The molecule has 1 aliphatic rings. The summed E-state index contributed by atoms with van der Waals surface area (Å²) in [5.74, 6) is 3.12. The van der Waals surface area contributed by atoms with Gasteiger partial charge in [0, 0.05) is 19.7 Å². The van der Waals surface area contributed by atoms with E-state index in [9.17, 15) is 0 Å². The fourth-order valence-electron chi connectivity index (χ4n) is 2.01. The molecule has 1 N–H and O–H groups in total. The van der Waals surface area contributed by atoms with Crippen LogP contribution in [-0.4, -0.2) is 29.4 Å². The highest BCUT2D eigenvalue weighted by Gasteiger charge is 2.21. The number of thioether (sulfide) groups is 1. The molecule has 1 aliphatic heterocycles. The van der Waals surface area contributed by atoms with Crippen LogP contribution in [0.4, 0.5) is 5.82 Å². The molecular formula is C13H21N3OS. The Morgan fingerprint density at radius 3 is 3.06 bits per heavy atom. The minimum absolute atomic E-state index is 0.462. The van der Waals surface area contributed by atoms with E-state index in [2.05, 4.69) is 22.2 Å². The first-order chi connectivity index (χ1) is 8.83. The third-order valence-corrected chi connectivity index (χ3v) is 4.24. The smallest absolute Gasteiger partial charge is 0.144 e. The standard InChI is InChI=1S/C13H21N3OS/c1-3-6-14-12-8-10(9-17-2)15-13(16-12)11-5-4-7-18-11/h8,11H,3-7,9H2,1-2H3,(H,14,15,16). The molecule has 18 heavy (non-hydrogen) atoms. The largest absolute Gasteiger partial charge is 0.378 e. The molecule has 0 aliphatic carbocycles. The Morgan fingerprint density at radius 2 is 2.39 bits per heavy atom. The number of ether oxygens (including phenoxy) is 1. The molecule has 2 rings (SSSR count). The predicted octanol–water partition coefficient (Wildman–Crippen LogP) is 3.01. The number of hydrogen-bond acceptors (Lipinski definition) is 5. The average molecular weight is 267 g/mol. The molecule has 1 saturated heterocycles. The fourth-order valence-corrected chi connectivity index (χ4v) is 3.21. The van der Waals surface area contributed by atoms with Gasteiger partial charge < -0.3 is 10.1 Å². The van der Waals surface area contributed by atoms with Crippen molar-refractivity contribution in [2.45, 2.75) is 38.0 Å². The quantitative estimate of drug-likeness (QED) is 0.858. The van der Waals surface area contributed by atoms with Crippen LogP contribution in [0.2, 0.25) is 0 Å². The minimum atomic E-state index is 0.462. The molecule has 0 aromatic carbocycles. The zero-order valence-electron chi connectivity index (χ0n) is 11.1. The van der Waals surface area contributed by atoms with E-state index in [4.69, 9.17) is 4.74 Å². The number of anilines is 1. The molecule has 1 atom stereocenters. The van der Waals surface area contributed by atoms with E-state index in [0.717, 1.165) is 30.3 Å². The van der Waals surface area contributed by atoms with Gasteiger partial charge in [0.2, 0.25) is 0 Å². The second kappa shape index (κ2) is 6.95. The van der Waals surface area contributed by atoms with Crippen molar-refractivity contribution in [3.63, 3.8) is 0 Å². The summed E-state index contributed by atoms with van der Waals surface area (Å²) in [6.07, 6.45) is 3.55. The lowest BCUT2D eigenvalue weighted by Crippen LogP contribution is -2.09. The average Bonchev–Trinajstić information content (AvgIpc) is 2.90. The van der Waals surface area contributed by atoms with Crippen molar-refractivity contribution in [1.82, 2.24) is 9.97 Å². The van der Waals surface area contributed by atoms with Gasteiger partial charge in [0.25, 0.3) is 0 Å². The van der Waals surface area contributed by atoms with E-state index < -0.39 is 0 Å². The Hall–Kier alpha value is -0.810. The van der Waals surface area contributed by atoms with Crippen LogP contribution in [0.3, 0.4) is 0 Å². The first-order valence-electron chi connectivity index (χ1n) is 6.55. The summed E-state index contributed by atoms with van der Waals surface area (Å²) in [5, 5.41) is 3.80. The number of hydrogen-bond donors (Lipinski definition) is 1. The normalized spacial score (nSPS) is 19.1. The molecule has 100 valence electrons. The summed E-state index contributed by atoms with van der Waals surface area (Å²) in [6, 6.07) is 1.99. The lowest BCUT2D eigenvalue weighted by atomic mass is 10.2. The zero-order chi connectivity index (χ0) is 12.8. The highest BCUT2D eigenvalue weighted by Crippen LogP contribution is 2.38. The van der Waals surface area contributed by atoms with E-state index >= 15 is 0 Å². The van der Waals surface area contributed by atoms with E-state index in [0.29, 0.717) is 11.9 Å². The van der Waals surface area contributed by atoms with Gasteiger partial charge in [0.1, 0.15) is 11.6 Å². The van der Waals surface area contributed by atoms with Crippen LogP contribution in [-0.2, 0) is 11.3 Å². The van der Waals surface area contributed by atoms with Crippen molar-refractivity contribution in [2.75, 3.05) is 24.7 Å². The van der Waals surface area contributed by atoms with Crippen LogP contribution in [0.1, 0.15) is 43.0 Å². The monoisotopic (exact) mass is 267 g/mol. The predicted molar refractivity (Wildman–Crippen MR) is 76.0 cm³/mol. The van der Waals surface area contributed by atoms with Crippen LogP contribution in [0, 0.1) is 0 Å². The van der Waals surface area contributed by atoms with E-state index in [1.54, 1.807) is 7.11 Å². The lowest BCUT2D eigenvalue weighted by Gasteiger charge is -2.12. The molecule has 4 nitrogen and oxygen atoms in total. The van der Waals surface area contributed by atoms with Crippen molar-refractivity contribution in [3.8, 4) is 0 Å². The zero-order valence-corrected chi connectivity index (χ0v) is 11.9. The first kappa shape index (κ1) is 13.6. The molecule has 2 heterocycles. The van der Waals surface area contributed by atoms with Crippen molar-refractivity contribution in [1.29, 1.82) is 0 Å². The van der Waals surface area contributed by atoms with Crippen LogP contribution >= 0.6 is 11.8 Å². The van der Waals surface area contributed by atoms with Gasteiger partial charge in [-0.2, -0.15) is 11.8 Å². The first-order valence-corrected chi connectivity index (χ1v) is 7.60. The topological polar surface area (TPSA) is 47.0 Å². The molecule has 1 aromatic heterocycles. The molecule has 1 fully saturated rings. The highest BCUT2D eigenvalue weighted by molar-refractivity contribution is 7.99. The van der Waals surface area contributed by atoms with Crippen LogP contribution < -0.4 is 5.32 Å². The van der Waals surface area contributed by atoms with Crippen LogP contribution in [0.25, 0.3) is 0 Å². The molecule has 0 radical (unpaired) electrons. The Balaban J connectivity index is 2.17. The Morgan fingerprint density at radius 1 is 1.50 bits per heavy atom. The van der Waals surface area contributed by atoms with Crippen LogP contribution in [0.15, 0.2) is 6.07 Å². The summed E-state index contributed by atoms with van der Waals surface area (Å²) >= 11 is 1.96. The highest BCUT2D eigenvalue weighted by atomic mass is 32.2. The summed E-state index contributed by atoms with van der Waals surface area (Å²) in [4.78, 5) is 9.25. The van der Waals surface area contributed by atoms with E-state index in [1.165, 1.54) is 18.6 Å². The van der Waals surface area contributed by atoms with Gasteiger partial charge >= 0.3 is 0 Å². The van der Waals surface area contributed by atoms with Gasteiger partial charge in [0.05, 0.1) is 17.6 Å². The van der Waals surface area contributed by atoms with Gasteiger partial charge in [-0.05, 0) is 25.0 Å². The lowest BCUT2D eigenvalue weighted by molar-refractivity contribution is 0.181. The van der Waals surface area contributed by atoms with Gasteiger partial charge in [0.15, 0.2) is 0 Å². The third-order valence-electron chi connectivity index (χ3n) is 2.86. The summed E-state index contributed by atoms with van der Waals surface area (Å²) in [7, 11) is 1.70. The molecular weight excluding hydrogens is 246 g/mol. The maximum Gasteiger partial charge on any atom is 0.144 e.